The van der Waals surface area contributed by atoms with Gasteiger partial charge < -0.3 is 0 Å². The van der Waals surface area contributed by atoms with E-state index in [9.17, 15) is 8.42 Å². The zero-order chi connectivity index (χ0) is 7.33. The second-order valence-electron chi connectivity index (χ2n) is 1.65. The lowest BCUT2D eigenvalue weighted by Gasteiger charge is -1.93. The van der Waals surface area contributed by atoms with Crippen molar-refractivity contribution in [2.75, 3.05) is 6.54 Å². The number of hydrogen-bond donors (Lipinski definition) is 1. The average molecular weight is 152 g/mol. The van der Waals surface area contributed by atoms with Gasteiger partial charge in [0.05, 0.1) is 0 Å². The predicted octanol–water partition coefficient (Wildman–Crippen LogP) is 0.194. The van der Waals surface area contributed by atoms with Crippen molar-refractivity contribution in [3.8, 4) is 0 Å². The molecule has 0 unspecified atom stereocenters. The third kappa shape index (κ3) is 7.87. The summed E-state index contributed by atoms with van der Waals surface area (Å²) < 4.78 is 30.8. The van der Waals surface area contributed by atoms with Gasteiger partial charge in [0.25, 0.3) is 0 Å². The standard InChI is InChI=1S/C4H10NO3S/c1-2-3-4-5-9(6,7)8/h2-4H2,1H3,(H,6,7,8). The zero-order valence-corrected chi connectivity index (χ0v) is 6.06. The van der Waals surface area contributed by atoms with Crippen LogP contribution in [0.15, 0.2) is 0 Å². The van der Waals surface area contributed by atoms with E-state index in [0.717, 1.165) is 6.42 Å². The molecule has 1 N–H and O–H groups in total. The smallest absolute Gasteiger partial charge is 0.272 e. The maximum Gasteiger partial charge on any atom is 0.350 e. The first-order chi connectivity index (χ1) is 4.06. The van der Waals surface area contributed by atoms with Crippen LogP contribution in [-0.4, -0.2) is 19.5 Å². The summed E-state index contributed by atoms with van der Waals surface area (Å²) in [5.41, 5.74) is 0. The Bertz CT molecular complexity index is 151. The van der Waals surface area contributed by atoms with E-state index in [1.54, 1.807) is 0 Å². The molecule has 0 saturated carbocycles. The molecule has 0 fully saturated rings. The number of nitrogens with zero attached hydrogens (tertiary/aromatic N) is 1. The summed E-state index contributed by atoms with van der Waals surface area (Å²) in [6.45, 7) is 2.11. The summed E-state index contributed by atoms with van der Waals surface area (Å²) in [6.07, 6.45) is 1.57. The molecular weight excluding hydrogens is 142 g/mol. The molecule has 55 valence electrons. The van der Waals surface area contributed by atoms with Crippen LogP contribution in [0.5, 0.6) is 0 Å². The van der Waals surface area contributed by atoms with Gasteiger partial charge in [0.2, 0.25) is 0 Å². The molecule has 0 atom stereocenters. The monoisotopic (exact) mass is 152 g/mol. The average Bonchev–Trinajstić information content (AvgIpc) is 1.63. The lowest BCUT2D eigenvalue weighted by atomic mass is 10.3. The first-order valence-corrected chi connectivity index (χ1v) is 4.12. The Labute approximate surface area is 55.1 Å². The Kier molecular flexibility index (Phi) is 3.76. The Morgan fingerprint density at radius 3 is 2.44 bits per heavy atom. The molecule has 0 heterocycles. The van der Waals surface area contributed by atoms with Gasteiger partial charge in [-0.1, -0.05) is 18.1 Å². The van der Waals surface area contributed by atoms with Crippen molar-refractivity contribution in [3.63, 3.8) is 0 Å². The number of hydrogen-bond acceptors (Lipinski definition) is 2. The van der Waals surface area contributed by atoms with Crippen LogP contribution in [-0.2, 0) is 10.3 Å². The van der Waals surface area contributed by atoms with Gasteiger partial charge in [0.1, 0.15) is 0 Å². The summed E-state index contributed by atoms with van der Waals surface area (Å²) in [5, 5.41) is 0. The predicted molar refractivity (Wildman–Crippen MR) is 33.5 cm³/mol. The first kappa shape index (κ1) is 8.87. The summed E-state index contributed by atoms with van der Waals surface area (Å²) >= 11 is 0. The fourth-order valence-electron chi connectivity index (χ4n) is 0.338. The molecule has 0 aliphatic carbocycles. The minimum Gasteiger partial charge on any atom is -0.272 e. The Hall–Kier alpha value is -0.130. The number of rotatable bonds is 4. The highest BCUT2D eigenvalue weighted by Crippen LogP contribution is 1.85. The fourth-order valence-corrected chi connectivity index (χ4v) is 0.698. The molecule has 0 saturated heterocycles. The van der Waals surface area contributed by atoms with Gasteiger partial charge in [0, 0.05) is 6.54 Å². The molecule has 0 bridgehead atoms. The molecule has 5 heteroatoms. The lowest BCUT2D eigenvalue weighted by Crippen LogP contribution is -2.15. The highest BCUT2D eigenvalue weighted by atomic mass is 32.2. The van der Waals surface area contributed by atoms with E-state index in [-0.39, 0.29) is 6.54 Å². The molecule has 0 aliphatic rings. The van der Waals surface area contributed by atoms with E-state index < -0.39 is 10.3 Å². The van der Waals surface area contributed by atoms with Crippen molar-refractivity contribution in [1.29, 1.82) is 0 Å². The van der Waals surface area contributed by atoms with E-state index in [4.69, 9.17) is 4.55 Å². The van der Waals surface area contributed by atoms with E-state index in [2.05, 4.69) is 4.72 Å². The molecule has 0 aromatic carbocycles. The van der Waals surface area contributed by atoms with Crippen molar-refractivity contribution in [2.45, 2.75) is 19.8 Å². The lowest BCUT2D eigenvalue weighted by molar-refractivity contribution is 0.464. The molecule has 0 rings (SSSR count). The Balaban J connectivity index is 3.30. The summed E-state index contributed by atoms with van der Waals surface area (Å²) in [6, 6.07) is 0. The highest BCUT2D eigenvalue weighted by molar-refractivity contribution is 7.83. The van der Waals surface area contributed by atoms with Crippen molar-refractivity contribution >= 4 is 10.3 Å². The minimum absolute atomic E-state index is 0.190. The second kappa shape index (κ2) is 3.81. The van der Waals surface area contributed by atoms with Crippen molar-refractivity contribution in [3.05, 3.63) is 0 Å². The normalized spacial score (nSPS) is 11.8. The number of unbranched alkanes of at least 4 members (excludes halogenated alkanes) is 1. The van der Waals surface area contributed by atoms with Crippen molar-refractivity contribution < 1.29 is 13.0 Å². The van der Waals surface area contributed by atoms with E-state index >= 15 is 0 Å². The van der Waals surface area contributed by atoms with Crippen LogP contribution in [0.2, 0.25) is 0 Å². The molecule has 4 nitrogen and oxygen atoms in total. The highest BCUT2D eigenvalue weighted by Gasteiger charge is 2.01. The molecule has 0 amide bonds. The molecule has 0 aromatic rings. The third-order valence-electron chi connectivity index (χ3n) is 0.766. The van der Waals surface area contributed by atoms with Crippen LogP contribution in [0.1, 0.15) is 19.8 Å². The van der Waals surface area contributed by atoms with Gasteiger partial charge in [0.15, 0.2) is 0 Å². The van der Waals surface area contributed by atoms with E-state index in [1.807, 2.05) is 6.92 Å². The summed E-state index contributed by atoms with van der Waals surface area (Å²) in [4.78, 5) is 0. The van der Waals surface area contributed by atoms with Crippen LogP contribution in [0.4, 0.5) is 0 Å². The van der Waals surface area contributed by atoms with Gasteiger partial charge in [-0.15, -0.1) is 0 Å². The Morgan fingerprint density at radius 1 is 1.56 bits per heavy atom. The van der Waals surface area contributed by atoms with Crippen LogP contribution < -0.4 is 4.72 Å². The molecule has 0 aliphatic heterocycles. The maximum absolute atomic E-state index is 9.89. The van der Waals surface area contributed by atoms with E-state index in [0.29, 0.717) is 6.42 Å². The molecule has 1 radical (unpaired) electrons. The van der Waals surface area contributed by atoms with Crippen molar-refractivity contribution in [2.24, 2.45) is 0 Å². The van der Waals surface area contributed by atoms with Gasteiger partial charge in [-0.2, -0.15) is 8.42 Å². The van der Waals surface area contributed by atoms with Gasteiger partial charge in [-0.3, -0.25) is 4.55 Å². The van der Waals surface area contributed by atoms with Crippen LogP contribution in [0.3, 0.4) is 0 Å². The maximum atomic E-state index is 9.89. The van der Waals surface area contributed by atoms with Gasteiger partial charge >= 0.3 is 10.3 Å². The Morgan fingerprint density at radius 2 is 2.11 bits per heavy atom. The van der Waals surface area contributed by atoms with E-state index in [1.165, 1.54) is 0 Å². The first-order valence-electron chi connectivity index (χ1n) is 2.72. The van der Waals surface area contributed by atoms with Crippen molar-refractivity contribution in [1.82, 2.24) is 4.72 Å². The fraction of sp³-hybridized carbons (Fsp3) is 1.00. The third-order valence-corrected chi connectivity index (χ3v) is 1.27. The molecule has 9 heavy (non-hydrogen) atoms. The molecule has 0 aromatic heterocycles. The van der Waals surface area contributed by atoms with Crippen LogP contribution in [0, 0.1) is 0 Å². The minimum atomic E-state index is -4.07. The van der Waals surface area contributed by atoms with Gasteiger partial charge in [-0.05, 0) is 6.42 Å². The largest absolute Gasteiger partial charge is 0.350 e. The SMILES string of the molecule is CCCC[N]S(=O)(=O)O. The van der Waals surface area contributed by atoms with Crippen LogP contribution >= 0.6 is 0 Å². The van der Waals surface area contributed by atoms with Gasteiger partial charge in [-0.25, -0.2) is 0 Å². The van der Waals surface area contributed by atoms with Crippen LogP contribution in [0.25, 0.3) is 0 Å². The summed E-state index contributed by atoms with van der Waals surface area (Å²) in [5.74, 6) is 0. The molecular formula is C4H10NO3S. The zero-order valence-electron chi connectivity index (χ0n) is 5.24. The second-order valence-corrected chi connectivity index (χ2v) is 2.81. The topological polar surface area (TPSA) is 68.5 Å². The summed E-state index contributed by atoms with van der Waals surface area (Å²) in [7, 11) is -4.07. The quantitative estimate of drug-likeness (QED) is 0.462. The molecule has 0 spiro atoms.